The van der Waals surface area contributed by atoms with Gasteiger partial charge in [0.1, 0.15) is 10.8 Å². The van der Waals surface area contributed by atoms with Crippen LogP contribution in [-0.2, 0) is 16.2 Å². The van der Waals surface area contributed by atoms with Crippen LogP contribution in [0, 0.1) is 0 Å². The first-order valence-electron chi connectivity index (χ1n) is 6.48. The first kappa shape index (κ1) is 16.2. The lowest BCUT2D eigenvalue weighted by molar-refractivity contribution is -0.113. The molecule has 3 nitrogen and oxygen atoms in total. The van der Waals surface area contributed by atoms with E-state index in [1.54, 1.807) is 6.92 Å². The second-order valence-electron chi connectivity index (χ2n) is 5.53. The van der Waals surface area contributed by atoms with Crippen LogP contribution >= 0.6 is 0 Å². The number of hydrogen-bond donors (Lipinski definition) is 0. The maximum absolute atomic E-state index is 12.5. The van der Waals surface area contributed by atoms with Gasteiger partial charge in [-0.1, -0.05) is 30.4 Å². The molecule has 1 aliphatic heterocycles. The van der Waals surface area contributed by atoms with Crippen LogP contribution in [0.1, 0.15) is 34.6 Å². The molecule has 0 amide bonds. The topological polar surface area (TPSA) is 43.4 Å². The molecule has 106 valence electrons. The Balaban J connectivity index is 2.98. The van der Waals surface area contributed by atoms with Gasteiger partial charge >= 0.3 is 0 Å². The van der Waals surface area contributed by atoms with E-state index < -0.39 is 11.4 Å². The van der Waals surface area contributed by atoms with Gasteiger partial charge in [0.25, 0.3) is 0 Å². The van der Waals surface area contributed by atoms with Crippen LogP contribution in [0.5, 0.6) is 0 Å². The minimum atomic E-state index is -1.13. The SMILES string of the molecule is C/C=C/C=C/[C@@H]1C(C(C)=O)=CCN1[S+]([O-])C(C)(C)C. The van der Waals surface area contributed by atoms with Crippen LogP contribution in [0.3, 0.4) is 0 Å². The normalized spacial score (nSPS) is 23.3. The highest BCUT2D eigenvalue weighted by atomic mass is 32.2. The molecule has 0 aliphatic carbocycles. The van der Waals surface area contributed by atoms with Crippen molar-refractivity contribution in [2.75, 3.05) is 6.54 Å². The standard InChI is InChI=1S/C15H23NO2S/c1-6-7-8-9-14-13(12(2)17)10-11-16(14)19(18)15(3,4)5/h6-10,14H,11H2,1-5H3/b7-6+,9-8+/t14-,19?/m1/s1. The Labute approximate surface area is 119 Å². The first-order chi connectivity index (χ1) is 8.79. The Hall–Kier alpha value is -0.840. The zero-order chi connectivity index (χ0) is 14.6. The molecule has 0 bridgehead atoms. The zero-order valence-corrected chi connectivity index (χ0v) is 13.2. The Morgan fingerprint density at radius 2 is 2.11 bits per heavy atom. The van der Waals surface area contributed by atoms with Crippen LogP contribution in [0.4, 0.5) is 0 Å². The van der Waals surface area contributed by atoms with E-state index in [-0.39, 0.29) is 16.6 Å². The maximum atomic E-state index is 12.5. The summed E-state index contributed by atoms with van der Waals surface area (Å²) in [6.07, 6.45) is 9.56. The van der Waals surface area contributed by atoms with Gasteiger partial charge < -0.3 is 4.55 Å². The molecule has 0 aromatic carbocycles. The highest BCUT2D eigenvalue weighted by Crippen LogP contribution is 2.30. The third-order valence-corrected chi connectivity index (χ3v) is 4.71. The number of carbonyl (C=O) groups excluding carboxylic acids is 1. The Bertz CT molecular complexity index is 418. The molecule has 1 aliphatic rings. The van der Waals surface area contributed by atoms with Crippen molar-refractivity contribution in [1.29, 1.82) is 0 Å². The van der Waals surface area contributed by atoms with Gasteiger partial charge in [-0.25, -0.2) is 0 Å². The molecule has 0 saturated carbocycles. The van der Waals surface area contributed by atoms with Gasteiger partial charge in [-0.2, -0.15) is 0 Å². The molecule has 1 unspecified atom stereocenters. The van der Waals surface area contributed by atoms with Crippen molar-refractivity contribution in [2.24, 2.45) is 0 Å². The summed E-state index contributed by atoms with van der Waals surface area (Å²) in [7, 11) is 0. The molecule has 1 heterocycles. The van der Waals surface area contributed by atoms with Crippen molar-refractivity contribution < 1.29 is 9.35 Å². The molecule has 1 rings (SSSR count). The predicted molar refractivity (Wildman–Crippen MR) is 81.1 cm³/mol. The molecule has 0 saturated heterocycles. The van der Waals surface area contributed by atoms with E-state index in [1.807, 2.05) is 62.4 Å². The molecule has 0 fully saturated rings. The molecule has 4 heteroatoms. The maximum Gasteiger partial charge on any atom is 0.157 e. The van der Waals surface area contributed by atoms with Gasteiger partial charge in [-0.3, -0.25) is 4.79 Å². The summed E-state index contributed by atoms with van der Waals surface area (Å²) in [5.74, 6) is 0.0449. The predicted octanol–water partition coefficient (Wildman–Crippen LogP) is 2.78. The summed E-state index contributed by atoms with van der Waals surface area (Å²) >= 11 is -1.13. The molecule has 2 atom stereocenters. The fraction of sp³-hybridized carbons (Fsp3) is 0.533. The fourth-order valence-corrected chi connectivity index (χ4v) is 3.24. The van der Waals surface area contributed by atoms with E-state index in [1.165, 1.54) is 0 Å². The minimum absolute atomic E-state index is 0.0449. The van der Waals surface area contributed by atoms with Crippen molar-refractivity contribution in [1.82, 2.24) is 4.31 Å². The van der Waals surface area contributed by atoms with E-state index in [2.05, 4.69) is 0 Å². The summed E-state index contributed by atoms with van der Waals surface area (Å²) in [5.41, 5.74) is 0.735. The Kier molecular flexibility index (Phi) is 5.59. The average Bonchev–Trinajstić information content (AvgIpc) is 2.71. The van der Waals surface area contributed by atoms with Crippen LogP contribution < -0.4 is 0 Å². The van der Waals surface area contributed by atoms with Crippen LogP contribution in [-0.4, -0.2) is 32.0 Å². The number of hydrogen-bond acceptors (Lipinski definition) is 3. The minimum Gasteiger partial charge on any atom is -0.597 e. The second kappa shape index (κ2) is 6.55. The number of Topliss-reactive ketones (excluding diaryl/α,β-unsaturated/α-hetero) is 1. The van der Waals surface area contributed by atoms with Gasteiger partial charge in [0.05, 0.1) is 6.54 Å². The Morgan fingerprint density at radius 1 is 1.47 bits per heavy atom. The van der Waals surface area contributed by atoms with Crippen molar-refractivity contribution in [3.8, 4) is 0 Å². The lowest BCUT2D eigenvalue weighted by Gasteiger charge is -2.33. The van der Waals surface area contributed by atoms with Crippen molar-refractivity contribution in [3.63, 3.8) is 0 Å². The van der Waals surface area contributed by atoms with Gasteiger partial charge in [0, 0.05) is 16.9 Å². The number of carbonyl (C=O) groups is 1. The summed E-state index contributed by atoms with van der Waals surface area (Å²) < 4.78 is 14.1. The summed E-state index contributed by atoms with van der Waals surface area (Å²) in [5, 5.41) is 0. The monoisotopic (exact) mass is 281 g/mol. The molecule has 0 aromatic heterocycles. The van der Waals surface area contributed by atoms with Crippen molar-refractivity contribution in [2.45, 2.75) is 45.4 Å². The largest absolute Gasteiger partial charge is 0.597 e. The fourth-order valence-electron chi connectivity index (χ4n) is 1.93. The number of nitrogens with zero attached hydrogens (tertiary/aromatic N) is 1. The molecule has 0 N–H and O–H groups in total. The van der Waals surface area contributed by atoms with E-state index in [0.29, 0.717) is 6.54 Å². The zero-order valence-electron chi connectivity index (χ0n) is 12.3. The van der Waals surface area contributed by atoms with Gasteiger partial charge in [-0.15, -0.1) is 4.31 Å². The molecule has 0 aromatic rings. The van der Waals surface area contributed by atoms with E-state index >= 15 is 0 Å². The number of rotatable bonds is 4. The first-order valence-corrected chi connectivity index (χ1v) is 7.58. The highest BCUT2D eigenvalue weighted by molar-refractivity contribution is 7.90. The lowest BCUT2D eigenvalue weighted by Crippen LogP contribution is -2.46. The van der Waals surface area contributed by atoms with Gasteiger partial charge in [0.15, 0.2) is 5.78 Å². The average molecular weight is 281 g/mol. The van der Waals surface area contributed by atoms with Crippen LogP contribution in [0.2, 0.25) is 0 Å². The summed E-state index contributed by atoms with van der Waals surface area (Å²) in [6.45, 7) is 9.89. The van der Waals surface area contributed by atoms with Crippen molar-refractivity contribution in [3.05, 3.63) is 36.0 Å². The molecule has 19 heavy (non-hydrogen) atoms. The number of allylic oxidation sites excluding steroid dienone is 3. The summed E-state index contributed by atoms with van der Waals surface area (Å²) in [4.78, 5) is 11.7. The quantitative estimate of drug-likeness (QED) is 0.588. The smallest absolute Gasteiger partial charge is 0.157 e. The molecular weight excluding hydrogens is 258 g/mol. The van der Waals surface area contributed by atoms with Crippen LogP contribution in [0.15, 0.2) is 36.0 Å². The van der Waals surface area contributed by atoms with Gasteiger partial charge in [-0.05, 0) is 34.6 Å². The van der Waals surface area contributed by atoms with E-state index in [4.69, 9.17) is 0 Å². The number of ketones is 1. The van der Waals surface area contributed by atoms with Gasteiger partial charge in [0.2, 0.25) is 0 Å². The third-order valence-electron chi connectivity index (χ3n) is 2.86. The molecular formula is C15H23NO2S. The summed E-state index contributed by atoms with van der Waals surface area (Å²) in [6, 6.07) is -0.186. The highest BCUT2D eigenvalue weighted by Gasteiger charge is 2.41. The molecule has 0 spiro atoms. The Morgan fingerprint density at radius 3 is 2.58 bits per heavy atom. The van der Waals surface area contributed by atoms with E-state index in [9.17, 15) is 9.35 Å². The van der Waals surface area contributed by atoms with Crippen molar-refractivity contribution >= 4 is 17.1 Å². The third kappa shape index (κ3) is 4.06. The van der Waals surface area contributed by atoms with Crippen LogP contribution in [0.25, 0.3) is 0 Å². The molecule has 0 radical (unpaired) electrons. The second-order valence-corrected chi connectivity index (χ2v) is 7.72. The van der Waals surface area contributed by atoms with E-state index in [0.717, 1.165) is 5.57 Å². The lowest BCUT2D eigenvalue weighted by atomic mass is 10.1.